The Morgan fingerprint density at radius 1 is 1.50 bits per heavy atom. The van der Waals surface area contributed by atoms with Gasteiger partial charge in [0.15, 0.2) is 0 Å². The first-order valence-electron chi connectivity index (χ1n) is 1.81. The van der Waals surface area contributed by atoms with E-state index < -0.39 is 0 Å². The van der Waals surface area contributed by atoms with E-state index in [4.69, 9.17) is 3.76 Å². The minimum Gasteiger partial charge on any atom is -0.351 e. The number of aromatic nitrogens is 2. The summed E-state index contributed by atoms with van der Waals surface area (Å²) in [4.78, 5) is 6.42. The summed E-state index contributed by atoms with van der Waals surface area (Å²) in [5.41, 5.74) is 0. The Hall–Kier alpha value is 1.43. The van der Waals surface area contributed by atoms with Crippen LogP contribution in [0.3, 0.4) is 0 Å². The molecule has 0 radical (unpaired) electrons. The largest absolute Gasteiger partial charge is 0.351 e. The molecule has 0 saturated carbocycles. The predicted octanol–water partition coefficient (Wildman–Crippen LogP) is 1.14. The van der Waals surface area contributed by atoms with Gasteiger partial charge in [-0.2, -0.15) is 0 Å². The zero-order valence-corrected chi connectivity index (χ0v) is 9.16. The topological polar surface area (TPSA) is 28.7 Å². The van der Waals surface area contributed by atoms with Crippen LogP contribution in [-0.4, -0.2) is 57.1 Å². The third kappa shape index (κ3) is 7.43. The van der Waals surface area contributed by atoms with Gasteiger partial charge < -0.3 is 4.98 Å². The van der Waals surface area contributed by atoms with E-state index in [1.54, 1.807) is 18.7 Å². The summed E-state index contributed by atoms with van der Waals surface area (Å²) in [6.45, 7) is 0. The zero-order valence-electron chi connectivity index (χ0n) is 4.47. The van der Waals surface area contributed by atoms with E-state index in [0.29, 0.717) is 47.1 Å². The van der Waals surface area contributed by atoms with Gasteiger partial charge in [-0.3, -0.25) is 0 Å². The van der Waals surface area contributed by atoms with Gasteiger partial charge in [0.05, 0.1) is 6.33 Å². The standard InChI is InChI=1S/C3H4N2.2ClH.K/c1-2-5-3-4-1;;;/h1-3H,(H,4,5);2*1H;/q;;;+1/p-1. The third-order valence-electron chi connectivity index (χ3n) is 0.406. The van der Waals surface area contributed by atoms with Crippen LogP contribution in [0.25, 0.3) is 0 Å². The first-order valence-corrected chi connectivity index (χ1v) is 6.10. The second kappa shape index (κ2) is 11.3. The number of hydrogen-bond donors (Lipinski definition) is 1. The second-order valence-corrected chi connectivity index (χ2v) is 0.761. The van der Waals surface area contributed by atoms with E-state index in [-0.39, 0.29) is 12.4 Å². The van der Waals surface area contributed by atoms with Gasteiger partial charge in [-0.05, 0) is 0 Å². The van der Waals surface area contributed by atoms with Crippen molar-refractivity contribution in [3.05, 3.63) is 18.7 Å². The molecule has 0 fully saturated rings. The van der Waals surface area contributed by atoms with Crippen LogP contribution in [0.1, 0.15) is 0 Å². The van der Waals surface area contributed by atoms with Crippen LogP contribution in [0.5, 0.6) is 0 Å². The molecular weight excluding hydrogens is 174 g/mol. The number of hydrogen-bond acceptors (Lipinski definition) is 1. The van der Waals surface area contributed by atoms with Crippen LogP contribution in [-0.2, 0) is 0 Å². The minimum atomic E-state index is 0. The summed E-state index contributed by atoms with van der Waals surface area (Å²) < 4.78 is 4.83. The van der Waals surface area contributed by atoms with Crippen molar-refractivity contribution in [1.82, 2.24) is 9.97 Å². The molecule has 0 saturated heterocycles. The monoisotopic (exact) mass is 178 g/mol. The van der Waals surface area contributed by atoms with Gasteiger partial charge in [0.2, 0.25) is 0 Å². The van der Waals surface area contributed by atoms with Crippen LogP contribution >= 0.6 is 16.2 Å². The van der Waals surface area contributed by atoms with Gasteiger partial charge in [-0.1, -0.05) is 0 Å². The summed E-state index contributed by atoms with van der Waals surface area (Å²) in [5.74, 6) is 0. The van der Waals surface area contributed by atoms with Crippen molar-refractivity contribution in [2.45, 2.75) is 0 Å². The fourth-order valence-electron chi connectivity index (χ4n) is 0.215. The van der Waals surface area contributed by atoms with Gasteiger partial charge in [-0.25, -0.2) is 4.98 Å². The van der Waals surface area contributed by atoms with E-state index in [1.807, 2.05) is 0 Å². The molecule has 0 aliphatic carbocycles. The summed E-state index contributed by atoms with van der Waals surface area (Å²) in [6, 6.07) is 0. The predicted molar refractivity (Wildman–Crippen MR) is 37.4 cm³/mol. The zero-order chi connectivity index (χ0) is 5.54. The molecule has 1 aromatic heterocycles. The van der Waals surface area contributed by atoms with Crippen LogP contribution in [0, 0.1) is 0 Å². The normalized spacial score (nSPS) is 5.88. The molecule has 0 aromatic carbocycles. The van der Waals surface area contributed by atoms with Crippen molar-refractivity contribution in [3.63, 3.8) is 0 Å². The Balaban J connectivity index is 0. The number of aromatic amines is 1. The van der Waals surface area contributed by atoms with Crippen LogP contribution in [0.4, 0.5) is 0 Å². The van der Waals surface area contributed by atoms with Crippen LogP contribution < -0.4 is 0 Å². The molecule has 8 heavy (non-hydrogen) atoms. The third-order valence-corrected chi connectivity index (χ3v) is 0.406. The Morgan fingerprint density at radius 3 is 2.25 bits per heavy atom. The van der Waals surface area contributed by atoms with Gasteiger partial charge in [0, 0.05) is 12.4 Å². The molecule has 1 heterocycles. The van der Waals surface area contributed by atoms with Gasteiger partial charge in [-0.15, -0.1) is 12.4 Å². The Kier molecular flexibility index (Phi) is 17.1. The smallest absolute Gasteiger partial charge is 0.0919 e. The molecule has 1 aromatic rings. The summed E-state index contributed by atoms with van der Waals surface area (Å²) in [6.07, 6.45) is 5.08. The molecule has 0 spiro atoms. The quantitative estimate of drug-likeness (QED) is 0.594. The SMILES string of the molecule is Cl.[Cl][K].c1c[nH]cn1. The van der Waals surface area contributed by atoms with E-state index in [9.17, 15) is 0 Å². The number of rotatable bonds is 0. The molecule has 1 rings (SSSR count). The number of imidazole rings is 1. The van der Waals surface area contributed by atoms with Crippen molar-refractivity contribution in [1.29, 1.82) is 0 Å². The van der Waals surface area contributed by atoms with Crippen LogP contribution in [0.2, 0.25) is 0 Å². The molecule has 0 bridgehead atoms. The number of nitrogens with one attached hydrogen (secondary N) is 1. The molecule has 5 heteroatoms. The average molecular weight is 179 g/mol. The fraction of sp³-hybridized carbons (Fsp3) is 0. The first-order chi connectivity index (χ1) is 3.50. The number of H-pyrrole nitrogens is 1. The molecule has 0 aliphatic rings. The van der Waals surface area contributed by atoms with Gasteiger partial charge in [0.25, 0.3) is 0 Å². The maximum atomic E-state index is 4.83. The summed E-state index contributed by atoms with van der Waals surface area (Å²) >= 11 is 0.535. The average Bonchev–Trinajstić information content (AvgIpc) is 2.23. The first kappa shape index (κ1) is 12.1. The molecule has 0 atom stereocenters. The summed E-state index contributed by atoms with van der Waals surface area (Å²) in [7, 11) is 0. The van der Waals surface area contributed by atoms with Gasteiger partial charge >= 0.3 is 50.9 Å². The number of nitrogens with zero attached hydrogens (tertiary/aromatic N) is 1. The molecule has 0 unspecified atom stereocenters. The fourth-order valence-corrected chi connectivity index (χ4v) is 0.215. The molecule has 0 amide bonds. The van der Waals surface area contributed by atoms with Crippen molar-refractivity contribution in [2.75, 3.05) is 0 Å². The molecule has 0 aliphatic heterocycles. The van der Waals surface area contributed by atoms with Gasteiger partial charge in [0.1, 0.15) is 0 Å². The van der Waals surface area contributed by atoms with E-state index in [1.165, 1.54) is 0 Å². The maximum Gasteiger partial charge on any atom is 0.0919 e. The van der Waals surface area contributed by atoms with E-state index in [0.717, 1.165) is 0 Å². The number of halogens is 2. The molecule has 42 valence electrons. The van der Waals surface area contributed by atoms with Crippen molar-refractivity contribution in [2.24, 2.45) is 0 Å². The molecule has 2 nitrogen and oxygen atoms in total. The Bertz CT molecular complexity index is 71.8. The van der Waals surface area contributed by atoms with Crippen molar-refractivity contribution in [3.8, 4) is 0 Å². The maximum absolute atomic E-state index is 4.83. The van der Waals surface area contributed by atoms with Crippen molar-refractivity contribution >= 4 is 63.3 Å². The molecule has 1 N–H and O–H groups in total. The van der Waals surface area contributed by atoms with Crippen LogP contribution in [0.15, 0.2) is 18.7 Å². The van der Waals surface area contributed by atoms with E-state index >= 15 is 0 Å². The summed E-state index contributed by atoms with van der Waals surface area (Å²) in [5, 5.41) is 0. The molecular formula is C3H5Cl2KN2. The van der Waals surface area contributed by atoms with Crippen molar-refractivity contribution < 1.29 is 0 Å². The Labute approximate surface area is 90.2 Å². The Morgan fingerprint density at radius 2 is 2.12 bits per heavy atom. The van der Waals surface area contributed by atoms with E-state index in [2.05, 4.69) is 9.97 Å². The minimum absolute atomic E-state index is 0. The second-order valence-electron chi connectivity index (χ2n) is 0.761.